The van der Waals surface area contributed by atoms with Gasteiger partial charge in [-0.05, 0) is 6.07 Å². The van der Waals surface area contributed by atoms with Gasteiger partial charge in [-0.15, -0.1) is 0 Å². The van der Waals surface area contributed by atoms with E-state index in [-0.39, 0.29) is 0 Å². The van der Waals surface area contributed by atoms with Gasteiger partial charge in [-0.3, -0.25) is 4.90 Å². The molecule has 0 aliphatic carbocycles. The molecule has 17 heavy (non-hydrogen) atoms. The van der Waals surface area contributed by atoms with Crippen LogP contribution in [0.2, 0.25) is 0 Å². The van der Waals surface area contributed by atoms with Crippen LogP contribution >= 0.6 is 0 Å². The van der Waals surface area contributed by atoms with Crippen LogP contribution in [0.5, 0.6) is 5.75 Å². The van der Waals surface area contributed by atoms with Crippen LogP contribution in [-0.4, -0.2) is 44.4 Å². The predicted octanol–water partition coefficient (Wildman–Crippen LogP) is 1.32. The second-order valence-corrected chi connectivity index (χ2v) is 4.46. The lowest BCUT2D eigenvalue weighted by Gasteiger charge is -2.28. The minimum absolute atomic E-state index is 0.757. The Bertz CT molecular complexity index is 389. The van der Waals surface area contributed by atoms with Crippen LogP contribution < -0.4 is 10.1 Å². The van der Waals surface area contributed by atoms with Gasteiger partial charge in [0.2, 0.25) is 0 Å². The van der Waals surface area contributed by atoms with Gasteiger partial charge in [0, 0.05) is 31.7 Å². The Morgan fingerprint density at radius 3 is 2.94 bits per heavy atom. The highest BCUT2D eigenvalue weighted by molar-refractivity contribution is 5.61. The zero-order valence-electron chi connectivity index (χ0n) is 9.95. The molecule has 4 nitrogen and oxygen atoms in total. The van der Waals surface area contributed by atoms with Gasteiger partial charge in [0.25, 0.3) is 0 Å². The summed E-state index contributed by atoms with van der Waals surface area (Å²) in [6, 6.07) is 6.33. The van der Waals surface area contributed by atoms with Crippen molar-refractivity contribution in [3.63, 3.8) is 0 Å². The molecule has 2 heterocycles. The largest absolute Gasteiger partial charge is 0.489 e. The molecule has 3 rings (SSSR count). The van der Waals surface area contributed by atoms with E-state index in [0.717, 1.165) is 57.4 Å². The molecule has 0 saturated carbocycles. The third-order valence-electron chi connectivity index (χ3n) is 3.26. The van der Waals surface area contributed by atoms with Crippen molar-refractivity contribution in [1.82, 2.24) is 4.90 Å². The van der Waals surface area contributed by atoms with E-state index in [4.69, 9.17) is 9.47 Å². The van der Waals surface area contributed by atoms with Gasteiger partial charge >= 0.3 is 0 Å². The Kier molecular flexibility index (Phi) is 3.16. The number of fused-ring (bicyclic) bond motifs is 1. The first-order valence-corrected chi connectivity index (χ1v) is 6.22. The highest BCUT2D eigenvalue weighted by atomic mass is 16.5. The zero-order chi connectivity index (χ0) is 11.5. The van der Waals surface area contributed by atoms with Crippen LogP contribution in [0.3, 0.4) is 0 Å². The van der Waals surface area contributed by atoms with E-state index < -0.39 is 0 Å². The number of nitrogens with one attached hydrogen (secondary N) is 1. The Morgan fingerprint density at radius 2 is 2.06 bits per heavy atom. The molecular formula is C13H18N2O2. The maximum atomic E-state index is 5.78. The van der Waals surface area contributed by atoms with Crippen molar-refractivity contribution >= 4 is 5.69 Å². The second-order valence-electron chi connectivity index (χ2n) is 4.46. The second kappa shape index (κ2) is 4.94. The number of para-hydroxylation sites is 1. The molecule has 1 fully saturated rings. The maximum Gasteiger partial charge on any atom is 0.146 e. The lowest BCUT2D eigenvalue weighted by Crippen LogP contribution is -2.36. The summed E-state index contributed by atoms with van der Waals surface area (Å²) in [6.07, 6.45) is 0. The van der Waals surface area contributed by atoms with Crippen LogP contribution in [0.15, 0.2) is 18.2 Å². The first-order valence-electron chi connectivity index (χ1n) is 6.22. The quantitative estimate of drug-likeness (QED) is 0.837. The number of anilines is 1. The number of nitrogens with zero attached hydrogens (tertiary/aromatic N) is 1. The van der Waals surface area contributed by atoms with Crippen molar-refractivity contribution in [2.75, 3.05) is 44.8 Å². The summed E-state index contributed by atoms with van der Waals surface area (Å²) in [5, 5.41) is 3.37. The molecule has 1 N–H and O–H groups in total. The van der Waals surface area contributed by atoms with Crippen molar-refractivity contribution in [2.24, 2.45) is 0 Å². The molecular weight excluding hydrogens is 216 g/mol. The fourth-order valence-electron chi connectivity index (χ4n) is 2.36. The van der Waals surface area contributed by atoms with Gasteiger partial charge < -0.3 is 14.8 Å². The van der Waals surface area contributed by atoms with Crippen LogP contribution in [-0.2, 0) is 11.3 Å². The predicted molar refractivity (Wildman–Crippen MR) is 66.5 cm³/mol. The van der Waals surface area contributed by atoms with Gasteiger partial charge in [0.05, 0.1) is 18.9 Å². The fraction of sp³-hybridized carbons (Fsp3) is 0.538. The van der Waals surface area contributed by atoms with Crippen molar-refractivity contribution in [3.8, 4) is 5.75 Å². The fourth-order valence-corrected chi connectivity index (χ4v) is 2.36. The summed E-state index contributed by atoms with van der Waals surface area (Å²) in [6.45, 7) is 6.31. The smallest absolute Gasteiger partial charge is 0.146 e. The van der Waals surface area contributed by atoms with E-state index in [1.807, 2.05) is 0 Å². The molecule has 0 bridgehead atoms. The Morgan fingerprint density at radius 1 is 1.18 bits per heavy atom. The number of rotatable bonds is 2. The molecule has 0 atom stereocenters. The van der Waals surface area contributed by atoms with Crippen molar-refractivity contribution in [3.05, 3.63) is 23.8 Å². The summed E-state index contributed by atoms with van der Waals surface area (Å²) >= 11 is 0. The van der Waals surface area contributed by atoms with E-state index in [0.29, 0.717) is 0 Å². The number of hydrogen-bond donors (Lipinski definition) is 1. The van der Waals surface area contributed by atoms with Gasteiger partial charge in [0.15, 0.2) is 0 Å². The van der Waals surface area contributed by atoms with E-state index in [1.165, 1.54) is 5.56 Å². The first-order chi connectivity index (χ1) is 8.43. The molecule has 0 radical (unpaired) electrons. The topological polar surface area (TPSA) is 33.7 Å². The SMILES string of the molecule is c1cc(CN2CCOCC2)c2c(c1)NCCO2. The number of hydrogen-bond acceptors (Lipinski definition) is 4. The normalized spacial score (nSPS) is 20.2. The van der Waals surface area contributed by atoms with E-state index in [9.17, 15) is 0 Å². The molecule has 4 heteroatoms. The summed E-state index contributed by atoms with van der Waals surface area (Å²) in [5.41, 5.74) is 2.40. The third-order valence-corrected chi connectivity index (χ3v) is 3.26. The summed E-state index contributed by atoms with van der Waals surface area (Å²) in [4.78, 5) is 2.41. The van der Waals surface area contributed by atoms with Gasteiger partial charge in [0.1, 0.15) is 12.4 Å². The van der Waals surface area contributed by atoms with E-state index in [1.54, 1.807) is 0 Å². The summed E-state index contributed by atoms with van der Waals surface area (Å²) < 4.78 is 11.1. The van der Waals surface area contributed by atoms with E-state index in [2.05, 4.69) is 28.4 Å². The zero-order valence-corrected chi connectivity index (χ0v) is 9.95. The number of morpholine rings is 1. The summed E-state index contributed by atoms with van der Waals surface area (Å²) in [5.74, 6) is 1.03. The first kappa shape index (κ1) is 10.9. The van der Waals surface area contributed by atoms with Crippen molar-refractivity contribution < 1.29 is 9.47 Å². The molecule has 0 amide bonds. The van der Waals surface area contributed by atoms with Gasteiger partial charge in [-0.2, -0.15) is 0 Å². The average molecular weight is 234 g/mol. The average Bonchev–Trinajstić information content (AvgIpc) is 2.40. The standard InChI is InChI=1S/C13H18N2O2/c1-2-11(10-15-5-8-16-9-6-15)13-12(3-1)14-4-7-17-13/h1-3,14H,4-10H2. The van der Waals surface area contributed by atoms with Crippen LogP contribution in [0.4, 0.5) is 5.69 Å². The Hall–Kier alpha value is -1.26. The highest BCUT2D eigenvalue weighted by Crippen LogP contribution is 2.32. The van der Waals surface area contributed by atoms with Crippen LogP contribution in [0.25, 0.3) is 0 Å². The van der Waals surface area contributed by atoms with Crippen molar-refractivity contribution in [1.29, 1.82) is 0 Å². The molecule has 0 aromatic heterocycles. The highest BCUT2D eigenvalue weighted by Gasteiger charge is 2.17. The molecule has 2 aliphatic heterocycles. The maximum absolute atomic E-state index is 5.78. The lowest BCUT2D eigenvalue weighted by molar-refractivity contribution is 0.0338. The summed E-state index contributed by atoms with van der Waals surface area (Å²) in [7, 11) is 0. The lowest BCUT2D eigenvalue weighted by atomic mass is 10.1. The molecule has 1 aromatic carbocycles. The van der Waals surface area contributed by atoms with Crippen molar-refractivity contribution in [2.45, 2.75) is 6.54 Å². The molecule has 0 unspecified atom stereocenters. The Labute approximate surface area is 102 Å². The van der Waals surface area contributed by atoms with Gasteiger partial charge in [-0.1, -0.05) is 12.1 Å². The molecule has 1 saturated heterocycles. The number of ether oxygens (including phenoxy) is 2. The molecule has 92 valence electrons. The molecule has 2 aliphatic rings. The third kappa shape index (κ3) is 2.37. The van der Waals surface area contributed by atoms with Gasteiger partial charge in [-0.25, -0.2) is 0 Å². The van der Waals surface area contributed by atoms with E-state index >= 15 is 0 Å². The molecule has 0 spiro atoms. The number of benzene rings is 1. The minimum Gasteiger partial charge on any atom is -0.489 e. The molecule has 1 aromatic rings. The monoisotopic (exact) mass is 234 g/mol. The van der Waals surface area contributed by atoms with Crippen LogP contribution in [0, 0.1) is 0 Å². The van der Waals surface area contributed by atoms with Crippen LogP contribution in [0.1, 0.15) is 5.56 Å². The Balaban J connectivity index is 1.77. The minimum atomic E-state index is 0.757.